The highest BCUT2D eigenvalue weighted by molar-refractivity contribution is 7.89. The third-order valence-electron chi connectivity index (χ3n) is 5.23. The minimum Gasteiger partial charge on any atom is -0.353 e. The molecule has 1 unspecified atom stereocenters. The van der Waals surface area contributed by atoms with Gasteiger partial charge in [0, 0.05) is 28.8 Å². The van der Waals surface area contributed by atoms with Crippen molar-refractivity contribution in [2.45, 2.75) is 44.8 Å². The summed E-state index contributed by atoms with van der Waals surface area (Å²) in [7, 11) is -3.58. The molecule has 0 saturated carbocycles. The van der Waals surface area contributed by atoms with Crippen LogP contribution in [0.4, 0.5) is 0 Å². The largest absolute Gasteiger partial charge is 0.353 e. The zero-order valence-corrected chi connectivity index (χ0v) is 17.9. The first-order valence-electron chi connectivity index (χ1n) is 9.75. The second kappa shape index (κ2) is 8.48. The fourth-order valence-electron chi connectivity index (χ4n) is 3.77. The van der Waals surface area contributed by atoms with Crippen molar-refractivity contribution in [3.8, 4) is 0 Å². The maximum Gasteiger partial charge on any atom is 0.243 e. The predicted molar refractivity (Wildman–Crippen MR) is 115 cm³/mol. The molecule has 2 heterocycles. The van der Waals surface area contributed by atoms with Gasteiger partial charge in [0.05, 0.1) is 17.9 Å². The summed E-state index contributed by atoms with van der Waals surface area (Å²) in [6.45, 7) is 2.86. The Bertz CT molecular complexity index is 1100. The molecule has 0 bridgehead atoms. The Balaban J connectivity index is 1.68. The quantitative estimate of drug-likeness (QED) is 0.547. The van der Waals surface area contributed by atoms with Crippen molar-refractivity contribution in [1.82, 2.24) is 3.97 Å². The molecule has 0 spiro atoms. The van der Waals surface area contributed by atoms with Crippen molar-refractivity contribution in [2.75, 3.05) is 6.61 Å². The van der Waals surface area contributed by atoms with Gasteiger partial charge in [0.1, 0.15) is 0 Å². The minimum atomic E-state index is -3.58. The SMILES string of the molecule is Cc1cc(Cl)c(COC2CCCCO2)c2ccn(S(=O)(=O)Cc3ccccc3)c12. The first-order chi connectivity index (χ1) is 14.0. The number of hydrogen-bond donors (Lipinski definition) is 0. The Morgan fingerprint density at radius 1 is 1.21 bits per heavy atom. The van der Waals surface area contributed by atoms with E-state index in [1.54, 1.807) is 18.3 Å². The molecule has 0 N–H and O–H groups in total. The van der Waals surface area contributed by atoms with Gasteiger partial charge in [0.2, 0.25) is 10.0 Å². The zero-order chi connectivity index (χ0) is 20.4. The number of nitrogens with zero attached hydrogens (tertiary/aromatic N) is 1. The lowest BCUT2D eigenvalue weighted by Crippen LogP contribution is -2.22. The van der Waals surface area contributed by atoms with E-state index in [1.165, 1.54) is 3.97 Å². The average molecular weight is 434 g/mol. The number of aryl methyl sites for hydroxylation is 1. The number of rotatable bonds is 6. The smallest absolute Gasteiger partial charge is 0.243 e. The van der Waals surface area contributed by atoms with Crippen LogP contribution in [0.15, 0.2) is 48.7 Å². The molecule has 7 heteroatoms. The summed E-state index contributed by atoms with van der Waals surface area (Å²) in [6, 6.07) is 12.8. The fraction of sp³-hybridized carbons (Fsp3) is 0.364. The molecule has 0 radical (unpaired) electrons. The van der Waals surface area contributed by atoms with Crippen LogP contribution in [-0.2, 0) is 31.9 Å². The second-order valence-electron chi connectivity index (χ2n) is 7.38. The van der Waals surface area contributed by atoms with Crippen molar-refractivity contribution in [1.29, 1.82) is 0 Å². The first-order valence-corrected chi connectivity index (χ1v) is 11.7. The van der Waals surface area contributed by atoms with Crippen molar-refractivity contribution in [3.05, 3.63) is 70.4 Å². The molecule has 4 rings (SSSR count). The lowest BCUT2D eigenvalue weighted by molar-refractivity contribution is -0.168. The molecule has 154 valence electrons. The van der Waals surface area contributed by atoms with E-state index >= 15 is 0 Å². The van der Waals surface area contributed by atoms with Crippen LogP contribution in [0.25, 0.3) is 10.9 Å². The van der Waals surface area contributed by atoms with E-state index in [9.17, 15) is 8.42 Å². The van der Waals surface area contributed by atoms with Crippen LogP contribution in [-0.4, -0.2) is 25.3 Å². The number of hydrogen-bond acceptors (Lipinski definition) is 4. The van der Waals surface area contributed by atoms with Crippen LogP contribution < -0.4 is 0 Å². The number of fused-ring (bicyclic) bond motifs is 1. The van der Waals surface area contributed by atoms with Gasteiger partial charge in [-0.25, -0.2) is 12.4 Å². The molecule has 1 fully saturated rings. The third kappa shape index (κ3) is 4.36. The molecule has 3 aromatic rings. The summed E-state index contributed by atoms with van der Waals surface area (Å²) in [5.41, 5.74) is 2.99. The Morgan fingerprint density at radius 3 is 2.72 bits per heavy atom. The van der Waals surface area contributed by atoms with Crippen LogP contribution in [0.1, 0.15) is 36.0 Å². The van der Waals surface area contributed by atoms with Gasteiger partial charge in [0.25, 0.3) is 0 Å². The van der Waals surface area contributed by atoms with Gasteiger partial charge in [-0.1, -0.05) is 41.9 Å². The number of halogens is 1. The molecule has 1 aliphatic heterocycles. The molecule has 1 saturated heterocycles. The lowest BCUT2D eigenvalue weighted by atomic mass is 10.1. The van der Waals surface area contributed by atoms with Crippen LogP contribution >= 0.6 is 11.6 Å². The Kier molecular flexibility index (Phi) is 5.97. The van der Waals surface area contributed by atoms with Crippen LogP contribution in [0.5, 0.6) is 0 Å². The standard InChI is InChI=1S/C22H24ClNO4S/c1-16-13-20(23)19(14-28-21-9-5-6-12-27-21)18-10-11-24(22(16)18)29(25,26)15-17-7-3-2-4-8-17/h2-4,7-8,10-11,13,21H,5-6,9,12,14-15H2,1H3. The average Bonchev–Trinajstić information content (AvgIpc) is 3.16. The highest BCUT2D eigenvalue weighted by Crippen LogP contribution is 2.33. The topological polar surface area (TPSA) is 57.5 Å². The Morgan fingerprint density at radius 2 is 2.00 bits per heavy atom. The summed E-state index contributed by atoms with van der Waals surface area (Å²) < 4.78 is 39.1. The molecule has 29 heavy (non-hydrogen) atoms. The van der Waals surface area contributed by atoms with Gasteiger partial charge in [-0.15, -0.1) is 0 Å². The van der Waals surface area contributed by atoms with Crippen LogP contribution in [0, 0.1) is 6.92 Å². The Hall–Kier alpha value is -1.86. The van der Waals surface area contributed by atoms with Crippen LogP contribution in [0.2, 0.25) is 5.02 Å². The maximum atomic E-state index is 13.1. The maximum absolute atomic E-state index is 13.1. The summed E-state index contributed by atoms with van der Waals surface area (Å²) >= 11 is 6.50. The van der Waals surface area contributed by atoms with Gasteiger partial charge in [0.15, 0.2) is 6.29 Å². The van der Waals surface area contributed by atoms with Crippen molar-refractivity contribution in [3.63, 3.8) is 0 Å². The van der Waals surface area contributed by atoms with E-state index < -0.39 is 10.0 Å². The molecule has 0 aliphatic carbocycles. The van der Waals surface area contributed by atoms with E-state index in [0.717, 1.165) is 41.3 Å². The summed E-state index contributed by atoms with van der Waals surface area (Å²) in [6.07, 6.45) is 4.36. The lowest BCUT2D eigenvalue weighted by Gasteiger charge is -2.23. The molecule has 5 nitrogen and oxygen atoms in total. The molecule has 1 aromatic heterocycles. The number of aromatic nitrogens is 1. The Labute approximate surface area is 176 Å². The van der Waals surface area contributed by atoms with Crippen LogP contribution in [0.3, 0.4) is 0 Å². The molecule has 2 aromatic carbocycles. The van der Waals surface area contributed by atoms with Gasteiger partial charge in [-0.05, 0) is 49.4 Å². The van der Waals surface area contributed by atoms with E-state index in [4.69, 9.17) is 21.1 Å². The molecular weight excluding hydrogens is 410 g/mol. The van der Waals surface area contributed by atoms with E-state index in [-0.39, 0.29) is 18.6 Å². The van der Waals surface area contributed by atoms with Gasteiger partial charge in [-0.2, -0.15) is 0 Å². The molecule has 1 aliphatic rings. The van der Waals surface area contributed by atoms with E-state index in [2.05, 4.69) is 0 Å². The molecule has 0 amide bonds. The van der Waals surface area contributed by atoms with Gasteiger partial charge < -0.3 is 9.47 Å². The predicted octanol–water partition coefficient (Wildman–Crippen LogP) is 5.02. The summed E-state index contributed by atoms with van der Waals surface area (Å²) in [5.74, 6) is -0.0680. The normalized spacial score (nSPS) is 17.7. The third-order valence-corrected chi connectivity index (χ3v) is 7.16. The highest BCUT2D eigenvalue weighted by atomic mass is 35.5. The first kappa shape index (κ1) is 20.4. The number of ether oxygens (including phenoxy) is 2. The summed E-state index contributed by atoms with van der Waals surface area (Å²) in [5, 5.41) is 1.37. The zero-order valence-electron chi connectivity index (χ0n) is 16.3. The molecular formula is C22H24ClNO4S. The van der Waals surface area contributed by atoms with Crippen molar-refractivity contribution in [2.24, 2.45) is 0 Å². The van der Waals surface area contributed by atoms with Crippen molar-refractivity contribution < 1.29 is 17.9 Å². The van der Waals surface area contributed by atoms with E-state index in [0.29, 0.717) is 17.1 Å². The number of benzene rings is 2. The fourth-order valence-corrected chi connectivity index (χ4v) is 5.61. The minimum absolute atomic E-state index is 0.0680. The van der Waals surface area contributed by atoms with E-state index in [1.807, 2.05) is 37.3 Å². The monoisotopic (exact) mass is 433 g/mol. The van der Waals surface area contributed by atoms with Gasteiger partial charge in [-0.3, -0.25) is 0 Å². The highest BCUT2D eigenvalue weighted by Gasteiger charge is 2.22. The van der Waals surface area contributed by atoms with Crippen molar-refractivity contribution >= 4 is 32.5 Å². The second-order valence-corrected chi connectivity index (χ2v) is 9.63. The van der Waals surface area contributed by atoms with Gasteiger partial charge >= 0.3 is 0 Å². The molecule has 1 atom stereocenters. The summed E-state index contributed by atoms with van der Waals surface area (Å²) in [4.78, 5) is 0.